The summed E-state index contributed by atoms with van der Waals surface area (Å²) in [4.78, 5) is 12.1. The Kier molecular flexibility index (Phi) is 6.35. The molecule has 138 valence electrons. The highest BCUT2D eigenvalue weighted by molar-refractivity contribution is 5.92. The van der Waals surface area contributed by atoms with Crippen molar-refractivity contribution >= 4 is 11.7 Å². The van der Waals surface area contributed by atoms with Gasteiger partial charge in [-0.1, -0.05) is 42.5 Å². The van der Waals surface area contributed by atoms with E-state index < -0.39 is 0 Å². The Hall–Kier alpha value is -3.41. The lowest BCUT2D eigenvalue weighted by atomic mass is 10.1. The third-order valence-electron chi connectivity index (χ3n) is 4.05. The van der Waals surface area contributed by atoms with Gasteiger partial charge >= 0.3 is 0 Å². The van der Waals surface area contributed by atoms with Gasteiger partial charge in [0, 0.05) is 13.1 Å². The molecule has 0 unspecified atom stereocenters. The molecular weight excluding hydrogens is 340 g/mol. The molecule has 1 amide bonds. The Morgan fingerprint density at radius 2 is 1.78 bits per heavy atom. The summed E-state index contributed by atoms with van der Waals surface area (Å²) < 4.78 is 5.22. The number of hydrogen-bond donors (Lipinski definition) is 2. The molecule has 0 atom stereocenters. The minimum absolute atomic E-state index is 0.241. The van der Waals surface area contributed by atoms with Crippen LogP contribution < -0.4 is 15.4 Å². The Bertz CT molecular complexity index is 867. The predicted molar refractivity (Wildman–Crippen MR) is 105 cm³/mol. The van der Waals surface area contributed by atoms with E-state index >= 15 is 0 Å². The minimum Gasteiger partial charge on any atom is -0.497 e. The van der Waals surface area contributed by atoms with Crippen LogP contribution in [0.4, 0.5) is 5.82 Å². The summed E-state index contributed by atoms with van der Waals surface area (Å²) in [6.07, 6.45) is 0.832. The molecule has 3 aromatic rings. The quantitative estimate of drug-likeness (QED) is 0.644. The van der Waals surface area contributed by atoms with Gasteiger partial charge in [-0.25, -0.2) is 0 Å². The third-order valence-corrected chi connectivity index (χ3v) is 4.05. The van der Waals surface area contributed by atoms with Crippen LogP contribution >= 0.6 is 0 Å². The number of rotatable bonds is 8. The van der Waals surface area contributed by atoms with Crippen molar-refractivity contribution in [3.05, 3.63) is 83.6 Å². The standard InChI is InChI=1S/C21H22N4O2/c1-27-18-9-5-8-16(14-18)12-13-22-20-11-10-19(24-25-20)21(26)23-15-17-6-3-2-4-7-17/h2-11,14H,12-13,15H2,1H3,(H,22,25)(H,23,26). The zero-order valence-corrected chi connectivity index (χ0v) is 15.2. The lowest BCUT2D eigenvalue weighted by molar-refractivity contribution is 0.0945. The fourth-order valence-corrected chi connectivity index (χ4v) is 2.58. The van der Waals surface area contributed by atoms with Crippen molar-refractivity contribution < 1.29 is 9.53 Å². The van der Waals surface area contributed by atoms with Gasteiger partial charge in [-0.15, -0.1) is 10.2 Å². The van der Waals surface area contributed by atoms with Crippen LogP contribution in [0.1, 0.15) is 21.6 Å². The Morgan fingerprint density at radius 1 is 0.963 bits per heavy atom. The van der Waals surface area contributed by atoms with Crippen LogP contribution in [0.25, 0.3) is 0 Å². The van der Waals surface area contributed by atoms with Crippen LogP contribution in [0.2, 0.25) is 0 Å². The Labute approximate surface area is 158 Å². The van der Waals surface area contributed by atoms with Crippen molar-refractivity contribution in [2.45, 2.75) is 13.0 Å². The number of amides is 1. The summed E-state index contributed by atoms with van der Waals surface area (Å²) in [6, 6.07) is 21.1. The molecule has 0 fully saturated rings. The lowest BCUT2D eigenvalue weighted by Gasteiger charge is -2.07. The van der Waals surface area contributed by atoms with E-state index in [0.29, 0.717) is 24.6 Å². The van der Waals surface area contributed by atoms with Crippen LogP contribution in [-0.2, 0) is 13.0 Å². The highest BCUT2D eigenvalue weighted by Crippen LogP contribution is 2.13. The maximum atomic E-state index is 12.1. The van der Waals surface area contributed by atoms with Gasteiger partial charge in [0.2, 0.25) is 0 Å². The molecule has 0 aliphatic rings. The van der Waals surface area contributed by atoms with Gasteiger partial charge in [-0.2, -0.15) is 0 Å². The van der Waals surface area contributed by atoms with E-state index in [1.165, 1.54) is 5.56 Å². The fraction of sp³-hybridized carbons (Fsp3) is 0.190. The van der Waals surface area contributed by atoms with Crippen LogP contribution in [0.3, 0.4) is 0 Å². The molecule has 6 nitrogen and oxygen atoms in total. The summed E-state index contributed by atoms with van der Waals surface area (Å²) in [5.41, 5.74) is 2.51. The molecule has 0 radical (unpaired) electrons. The number of nitrogens with one attached hydrogen (secondary N) is 2. The number of carbonyl (C=O) groups excluding carboxylic acids is 1. The number of aromatic nitrogens is 2. The van der Waals surface area contributed by atoms with Gasteiger partial charge in [-0.3, -0.25) is 4.79 Å². The maximum absolute atomic E-state index is 12.1. The van der Waals surface area contributed by atoms with Gasteiger partial charge in [0.15, 0.2) is 5.69 Å². The lowest BCUT2D eigenvalue weighted by Crippen LogP contribution is -2.24. The molecular formula is C21H22N4O2. The fourth-order valence-electron chi connectivity index (χ4n) is 2.58. The molecule has 0 saturated carbocycles. The summed E-state index contributed by atoms with van der Waals surface area (Å²) in [5.74, 6) is 1.24. The zero-order chi connectivity index (χ0) is 18.9. The van der Waals surface area contributed by atoms with Gasteiger partial charge < -0.3 is 15.4 Å². The summed E-state index contributed by atoms with van der Waals surface area (Å²) in [6.45, 7) is 1.17. The van der Waals surface area contributed by atoms with E-state index in [1.807, 2.05) is 48.5 Å². The van der Waals surface area contributed by atoms with Crippen molar-refractivity contribution in [3.8, 4) is 5.75 Å². The van der Waals surface area contributed by atoms with E-state index in [9.17, 15) is 4.79 Å². The van der Waals surface area contributed by atoms with Crippen molar-refractivity contribution in [3.63, 3.8) is 0 Å². The van der Waals surface area contributed by atoms with Crippen LogP contribution in [0.5, 0.6) is 5.75 Å². The predicted octanol–water partition coefficient (Wildman–Crippen LogP) is 3.07. The molecule has 3 rings (SSSR count). The van der Waals surface area contributed by atoms with E-state index in [-0.39, 0.29) is 5.91 Å². The molecule has 2 N–H and O–H groups in total. The minimum atomic E-state index is -0.241. The number of ether oxygens (including phenoxy) is 1. The SMILES string of the molecule is COc1cccc(CCNc2ccc(C(=O)NCc3ccccc3)nn2)c1. The van der Waals surface area contributed by atoms with Gasteiger partial charge in [-0.05, 0) is 41.8 Å². The molecule has 0 aliphatic heterocycles. The average molecular weight is 362 g/mol. The second-order valence-electron chi connectivity index (χ2n) is 6.00. The first kappa shape index (κ1) is 18.4. The number of carbonyl (C=O) groups is 1. The smallest absolute Gasteiger partial charge is 0.272 e. The molecule has 0 saturated heterocycles. The van der Waals surface area contributed by atoms with Crippen molar-refractivity contribution in [1.29, 1.82) is 0 Å². The summed E-state index contributed by atoms with van der Waals surface area (Å²) in [7, 11) is 1.66. The molecule has 6 heteroatoms. The van der Waals surface area contributed by atoms with E-state index in [2.05, 4.69) is 26.9 Å². The average Bonchev–Trinajstić information content (AvgIpc) is 2.73. The number of methoxy groups -OCH3 is 1. The highest BCUT2D eigenvalue weighted by atomic mass is 16.5. The summed E-state index contributed by atoms with van der Waals surface area (Å²) >= 11 is 0. The molecule has 0 aliphatic carbocycles. The van der Waals surface area contributed by atoms with Crippen LogP contribution in [0.15, 0.2) is 66.7 Å². The molecule has 2 aromatic carbocycles. The molecule has 1 heterocycles. The molecule has 1 aromatic heterocycles. The van der Waals surface area contributed by atoms with E-state index in [0.717, 1.165) is 17.7 Å². The van der Waals surface area contributed by atoms with Crippen molar-refractivity contribution in [2.24, 2.45) is 0 Å². The maximum Gasteiger partial charge on any atom is 0.272 e. The normalized spacial score (nSPS) is 10.3. The van der Waals surface area contributed by atoms with Crippen molar-refractivity contribution in [1.82, 2.24) is 15.5 Å². The zero-order valence-electron chi connectivity index (χ0n) is 15.2. The first-order chi connectivity index (χ1) is 13.2. The third kappa shape index (κ3) is 5.54. The number of anilines is 1. The van der Waals surface area contributed by atoms with E-state index in [4.69, 9.17) is 4.74 Å². The summed E-state index contributed by atoms with van der Waals surface area (Å²) in [5, 5.41) is 14.1. The molecule has 0 bridgehead atoms. The topological polar surface area (TPSA) is 76.1 Å². The van der Waals surface area contributed by atoms with Gasteiger partial charge in [0.1, 0.15) is 11.6 Å². The Balaban J connectivity index is 1.47. The number of nitrogens with zero attached hydrogens (tertiary/aromatic N) is 2. The Morgan fingerprint density at radius 3 is 2.52 bits per heavy atom. The number of benzene rings is 2. The molecule has 0 spiro atoms. The monoisotopic (exact) mass is 362 g/mol. The highest BCUT2D eigenvalue weighted by Gasteiger charge is 2.08. The van der Waals surface area contributed by atoms with Crippen molar-refractivity contribution in [2.75, 3.05) is 19.0 Å². The van der Waals surface area contributed by atoms with Crippen LogP contribution in [-0.4, -0.2) is 29.8 Å². The molecule has 27 heavy (non-hydrogen) atoms. The first-order valence-electron chi connectivity index (χ1n) is 8.77. The van der Waals surface area contributed by atoms with Gasteiger partial charge in [0.05, 0.1) is 7.11 Å². The second-order valence-corrected chi connectivity index (χ2v) is 6.00. The number of hydrogen-bond acceptors (Lipinski definition) is 5. The van der Waals surface area contributed by atoms with Crippen LogP contribution in [0, 0.1) is 0 Å². The largest absolute Gasteiger partial charge is 0.497 e. The second kappa shape index (κ2) is 9.33. The first-order valence-corrected chi connectivity index (χ1v) is 8.77. The van der Waals surface area contributed by atoms with E-state index in [1.54, 1.807) is 19.2 Å². The van der Waals surface area contributed by atoms with Gasteiger partial charge in [0.25, 0.3) is 5.91 Å².